The van der Waals surface area contributed by atoms with Gasteiger partial charge in [0.15, 0.2) is 0 Å². The molecule has 0 amide bonds. The summed E-state index contributed by atoms with van der Waals surface area (Å²) in [6.45, 7) is 4.61. The van der Waals surface area contributed by atoms with E-state index in [1.54, 1.807) is 6.07 Å². The molecule has 0 aliphatic heterocycles. The van der Waals surface area contributed by atoms with Gasteiger partial charge < -0.3 is 10.6 Å². The van der Waals surface area contributed by atoms with Gasteiger partial charge in [-0.05, 0) is 49.7 Å². The lowest BCUT2D eigenvalue weighted by Gasteiger charge is -2.25. The van der Waals surface area contributed by atoms with Crippen LogP contribution in [0.5, 0.6) is 0 Å². The third kappa shape index (κ3) is 3.11. The number of benzene rings is 2. The second-order valence-corrected chi connectivity index (χ2v) is 5.13. The van der Waals surface area contributed by atoms with Gasteiger partial charge >= 0.3 is 0 Å². The van der Waals surface area contributed by atoms with Gasteiger partial charge in [0.1, 0.15) is 5.82 Å². The molecule has 0 spiro atoms. The van der Waals surface area contributed by atoms with Crippen LogP contribution in [0.15, 0.2) is 42.5 Å². The average molecular weight is 293 g/mol. The summed E-state index contributed by atoms with van der Waals surface area (Å²) in [6, 6.07) is 12.2. The zero-order valence-electron chi connectivity index (χ0n) is 11.6. The number of rotatable bonds is 4. The first-order chi connectivity index (χ1) is 9.52. The number of hydrogen-bond donors (Lipinski definition) is 1. The van der Waals surface area contributed by atoms with Crippen LogP contribution in [0.1, 0.15) is 25.5 Å². The molecule has 0 bridgehead atoms. The Bertz CT molecular complexity index is 599. The molecule has 4 heteroatoms. The van der Waals surface area contributed by atoms with Gasteiger partial charge in [0.2, 0.25) is 0 Å². The van der Waals surface area contributed by atoms with E-state index in [-0.39, 0.29) is 11.9 Å². The van der Waals surface area contributed by atoms with E-state index in [4.69, 9.17) is 17.3 Å². The van der Waals surface area contributed by atoms with Crippen LogP contribution in [0.3, 0.4) is 0 Å². The van der Waals surface area contributed by atoms with E-state index in [0.29, 0.717) is 11.6 Å². The molecule has 0 unspecified atom stereocenters. The molecule has 0 saturated heterocycles. The lowest BCUT2D eigenvalue weighted by molar-refractivity contribution is 0.627. The van der Waals surface area contributed by atoms with Crippen molar-refractivity contribution in [1.82, 2.24) is 0 Å². The van der Waals surface area contributed by atoms with Crippen molar-refractivity contribution in [2.24, 2.45) is 5.73 Å². The molecule has 1 atom stereocenters. The molecule has 2 aromatic rings. The fourth-order valence-corrected chi connectivity index (χ4v) is 2.45. The predicted molar refractivity (Wildman–Crippen MR) is 83.1 cm³/mol. The van der Waals surface area contributed by atoms with Crippen molar-refractivity contribution in [3.05, 3.63) is 58.9 Å². The summed E-state index contributed by atoms with van der Waals surface area (Å²) in [5, 5.41) is 0.617. The van der Waals surface area contributed by atoms with Crippen LogP contribution < -0.4 is 10.6 Å². The number of halogens is 2. The summed E-state index contributed by atoms with van der Waals surface area (Å²) in [5.74, 6) is -0.260. The zero-order chi connectivity index (χ0) is 14.7. The van der Waals surface area contributed by atoms with E-state index < -0.39 is 0 Å². The topological polar surface area (TPSA) is 29.3 Å². The van der Waals surface area contributed by atoms with Crippen LogP contribution in [0.4, 0.5) is 15.8 Å². The maximum absolute atomic E-state index is 13.4. The minimum atomic E-state index is -0.260. The summed E-state index contributed by atoms with van der Waals surface area (Å²) < 4.78 is 13.4. The normalized spacial score (nSPS) is 12.2. The Balaban J connectivity index is 2.42. The fraction of sp³-hybridized carbons (Fsp3) is 0.250. The highest BCUT2D eigenvalue weighted by Gasteiger charge is 2.13. The third-order valence-electron chi connectivity index (χ3n) is 3.22. The molecular formula is C16H18ClFN2. The summed E-state index contributed by atoms with van der Waals surface area (Å²) in [4.78, 5) is 1.97. The SMILES string of the molecule is CCN(c1cccc(F)c1)c1ccc([C@@H](C)N)cc1Cl. The van der Waals surface area contributed by atoms with Gasteiger partial charge in [0, 0.05) is 18.3 Å². The highest BCUT2D eigenvalue weighted by Crippen LogP contribution is 2.33. The third-order valence-corrected chi connectivity index (χ3v) is 3.53. The van der Waals surface area contributed by atoms with Crippen LogP contribution >= 0.6 is 11.6 Å². The van der Waals surface area contributed by atoms with Gasteiger partial charge in [-0.15, -0.1) is 0 Å². The van der Waals surface area contributed by atoms with E-state index in [0.717, 1.165) is 16.9 Å². The maximum Gasteiger partial charge on any atom is 0.125 e. The Morgan fingerprint density at radius 1 is 1.25 bits per heavy atom. The number of hydrogen-bond acceptors (Lipinski definition) is 2. The average Bonchev–Trinajstić information content (AvgIpc) is 2.41. The Hall–Kier alpha value is -1.58. The van der Waals surface area contributed by atoms with E-state index in [1.165, 1.54) is 12.1 Å². The van der Waals surface area contributed by atoms with Crippen molar-refractivity contribution in [2.45, 2.75) is 19.9 Å². The van der Waals surface area contributed by atoms with Gasteiger partial charge in [0.25, 0.3) is 0 Å². The van der Waals surface area contributed by atoms with Crippen LogP contribution in [-0.4, -0.2) is 6.54 Å². The Morgan fingerprint density at radius 3 is 2.55 bits per heavy atom. The zero-order valence-corrected chi connectivity index (χ0v) is 12.4. The molecule has 0 aliphatic rings. The van der Waals surface area contributed by atoms with Crippen LogP contribution in [0.25, 0.3) is 0 Å². The molecule has 2 N–H and O–H groups in total. The molecule has 0 saturated carbocycles. The van der Waals surface area contributed by atoms with Gasteiger partial charge in [-0.2, -0.15) is 0 Å². The van der Waals surface area contributed by atoms with Gasteiger partial charge in [0.05, 0.1) is 10.7 Å². The fourth-order valence-electron chi connectivity index (χ4n) is 2.16. The molecule has 2 nitrogen and oxygen atoms in total. The highest BCUT2D eigenvalue weighted by molar-refractivity contribution is 6.33. The van der Waals surface area contributed by atoms with Gasteiger partial charge in [-0.25, -0.2) is 4.39 Å². The second-order valence-electron chi connectivity index (χ2n) is 4.72. The molecule has 20 heavy (non-hydrogen) atoms. The molecule has 0 aliphatic carbocycles. The molecule has 2 rings (SSSR count). The molecule has 2 aromatic carbocycles. The maximum atomic E-state index is 13.4. The highest BCUT2D eigenvalue weighted by atomic mass is 35.5. The molecular weight excluding hydrogens is 275 g/mol. The first kappa shape index (κ1) is 14.8. The van der Waals surface area contributed by atoms with E-state index in [1.807, 2.05) is 43.0 Å². The minimum absolute atomic E-state index is 0.0641. The number of nitrogens with two attached hydrogens (primary N) is 1. The Kier molecular flexibility index (Phi) is 4.63. The largest absolute Gasteiger partial charge is 0.340 e. The summed E-state index contributed by atoms with van der Waals surface area (Å²) >= 11 is 6.35. The molecule has 0 fully saturated rings. The lowest BCUT2D eigenvalue weighted by Crippen LogP contribution is -2.17. The smallest absolute Gasteiger partial charge is 0.125 e. The lowest BCUT2D eigenvalue weighted by atomic mass is 10.1. The van der Waals surface area contributed by atoms with Gasteiger partial charge in [-0.3, -0.25) is 0 Å². The number of nitrogens with zero attached hydrogens (tertiary/aromatic N) is 1. The second kappa shape index (κ2) is 6.25. The van der Waals surface area contributed by atoms with E-state index >= 15 is 0 Å². The Labute approximate surface area is 124 Å². The van der Waals surface area contributed by atoms with Crippen molar-refractivity contribution in [3.63, 3.8) is 0 Å². The van der Waals surface area contributed by atoms with Crippen LogP contribution in [-0.2, 0) is 0 Å². The first-order valence-electron chi connectivity index (χ1n) is 6.61. The van der Waals surface area contributed by atoms with Crippen molar-refractivity contribution >= 4 is 23.0 Å². The van der Waals surface area contributed by atoms with E-state index in [2.05, 4.69) is 0 Å². The van der Waals surface area contributed by atoms with Crippen molar-refractivity contribution in [1.29, 1.82) is 0 Å². The molecule has 0 aromatic heterocycles. The predicted octanol–water partition coefficient (Wildman–Crippen LogP) is 4.66. The van der Waals surface area contributed by atoms with Gasteiger partial charge in [-0.1, -0.05) is 23.7 Å². The van der Waals surface area contributed by atoms with Crippen LogP contribution in [0, 0.1) is 5.82 Å². The number of anilines is 2. The summed E-state index contributed by atoms with van der Waals surface area (Å²) in [7, 11) is 0. The summed E-state index contributed by atoms with van der Waals surface area (Å²) in [6.07, 6.45) is 0. The molecule has 0 heterocycles. The van der Waals surface area contributed by atoms with Crippen LogP contribution in [0.2, 0.25) is 5.02 Å². The Morgan fingerprint density at radius 2 is 2.00 bits per heavy atom. The molecule has 106 valence electrons. The first-order valence-corrected chi connectivity index (χ1v) is 6.99. The van der Waals surface area contributed by atoms with E-state index in [9.17, 15) is 4.39 Å². The van der Waals surface area contributed by atoms with Crippen molar-refractivity contribution < 1.29 is 4.39 Å². The minimum Gasteiger partial charge on any atom is -0.340 e. The monoisotopic (exact) mass is 292 g/mol. The quantitative estimate of drug-likeness (QED) is 0.888. The summed E-state index contributed by atoms with van der Waals surface area (Å²) in [5.41, 5.74) is 8.46. The standard InChI is InChI=1S/C16H18ClFN2/c1-3-20(14-6-4-5-13(18)10-14)16-8-7-12(11(2)19)9-15(16)17/h4-11H,3,19H2,1-2H3/t11-/m1/s1. The van der Waals surface area contributed by atoms with Crippen molar-refractivity contribution in [3.8, 4) is 0 Å². The molecule has 0 radical (unpaired) electrons. The van der Waals surface area contributed by atoms with Crippen molar-refractivity contribution in [2.75, 3.05) is 11.4 Å².